The van der Waals surface area contributed by atoms with Crippen LogP contribution in [-0.4, -0.2) is 51.4 Å². The Labute approximate surface area is 214 Å². The lowest BCUT2D eigenvalue weighted by Gasteiger charge is -2.62. The Hall–Kier alpha value is -1.67. The minimum Gasteiger partial charge on any atom is -0.480 e. The van der Waals surface area contributed by atoms with E-state index in [2.05, 4.69) is 26.1 Å². The van der Waals surface area contributed by atoms with Crippen molar-refractivity contribution >= 4 is 17.8 Å². The van der Waals surface area contributed by atoms with E-state index >= 15 is 0 Å². The van der Waals surface area contributed by atoms with Crippen molar-refractivity contribution in [2.75, 3.05) is 0 Å². The van der Waals surface area contributed by atoms with E-state index in [0.717, 1.165) is 38.5 Å². The van der Waals surface area contributed by atoms with Gasteiger partial charge in [-0.15, -0.1) is 0 Å². The second-order valence-corrected chi connectivity index (χ2v) is 13.0. The van der Waals surface area contributed by atoms with Gasteiger partial charge in [0.25, 0.3) is 0 Å². The number of primary amides is 1. The smallest absolute Gasteiger partial charge is 0.326 e. The summed E-state index contributed by atoms with van der Waals surface area (Å²) in [5.74, 6) is 0.261. The molecule has 0 heterocycles. The summed E-state index contributed by atoms with van der Waals surface area (Å²) in [4.78, 5) is 34.9. The topological polar surface area (TPSA) is 150 Å². The van der Waals surface area contributed by atoms with Crippen molar-refractivity contribution in [3.8, 4) is 0 Å². The lowest BCUT2D eigenvalue weighted by Crippen LogP contribution is -2.58. The zero-order chi connectivity index (χ0) is 26.4. The highest BCUT2D eigenvalue weighted by atomic mass is 16.4. The predicted molar refractivity (Wildman–Crippen MR) is 134 cm³/mol. The van der Waals surface area contributed by atoms with Gasteiger partial charge in [-0.05, 0) is 104 Å². The second kappa shape index (κ2) is 10.2. The van der Waals surface area contributed by atoms with Crippen LogP contribution in [0.4, 0.5) is 0 Å². The number of hydrogen-bond acceptors (Lipinski definition) is 5. The molecule has 0 aromatic carbocycles. The van der Waals surface area contributed by atoms with Crippen LogP contribution >= 0.6 is 0 Å². The Morgan fingerprint density at radius 2 is 1.75 bits per heavy atom. The number of aliphatic hydroxyl groups is 2. The van der Waals surface area contributed by atoms with Crippen molar-refractivity contribution in [2.45, 2.75) is 110 Å². The first kappa shape index (κ1) is 27.4. The van der Waals surface area contributed by atoms with Crippen molar-refractivity contribution in [1.29, 1.82) is 0 Å². The van der Waals surface area contributed by atoms with Gasteiger partial charge in [-0.1, -0.05) is 20.8 Å². The standard InChI is InChI=1S/C28H46N2O6/c1-15(4-9-25(34)30-22(26(35)36)14-24(29)33)19-7-8-20-18-6-5-16-12-17(31)10-11-27(16,2)21(18)13-23(32)28(19,20)3/h15-23,31-32H,4-14H2,1-3H3,(H2,29,33)(H,30,34)(H,35,36). The number of rotatable bonds is 8. The number of aliphatic hydroxyl groups excluding tert-OH is 2. The molecule has 2 amide bonds. The van der Waals surface area contributed by atoms with Crippen LogP contribution in [-0.2, 0) is 14.4 Å². The van der Waals surface area contributed by atoms with Crippen molar-refractivity contribution in [2.24, 2.45) is 52.1 Å². The Bertz CT molecular complexity index is 865. The summed E-state index contributed by atoms with van der Waals surface area (Å²) < 4.78 is 0. The number of amides is 2. The van der Waals surface area contributed by atoms with Crippen LogP contribution in [0.1, 0.15) is 91.4 Å². The molecule has 0 spiro atoms. The van der Waals surface area contributed by atoms with Crippen LogP contribution in [0.2, 0.25) is 0 Å². The molecule has 36 heavy (non-hydrogen) atoms. The van der Waals surface area contributed by atoms with Crippen molar-refractivity contribution < 1.29 is 29.7 Å². The summed E-state index contributed by atoms with van der Waals surface area (Å²) >= 11 is 0. The Morgan fingerprint density at radius 1 is 1.03 bits per heavy atom. The molecule has 4 aliphatic carbocycles. The van der Waals surface area contributed by atoms with Gasteiger partial charge in [0.05, 0.1) is 18.6 Å². The molecule has 4 aliphatic rings. The van der Waals surface area contributed by atoms with Gasteiger partial charge in [-0.2, -0.15) is 0 Å². The molecule has 0 aromatic rings. The molecule has 0 radical (unpaired) electrons. The summed E-state index contributed by atoms with van der Waals surface area (Å²) in [6.07, 6.45) is 8.00. The highest BCUT2D eigenvalue weighted by molar-refractivity contribution is 5.88. The molecular formula is C28H46N2O6. The Balaban J connectivity index is 1.41. The van der Waals surface area contributed by atoms with Gasteiger partial charge in [0.15, 0.2) is 0 Å². The van der Waals surface area contributed by atoms with E-state index < -0.39 is 24.3 Å². The van der Waals surface area contributed by atoms with Gasteiger partial charge in [-0.25, -0.2) is 4.79 Å². The number of carboxylic acids is 1. The van der Waals surface area contributed by atoms with E-state index in [-0.39, 0.29) is 41.3 Å². The summed E-state index contributed by atoms with van der Waals surface area (Å²) in [5, 5.41) is 33.6. The van der Waals surface area contributed by atoms with Gasteiger partial charge in [-0.3, -0.25) is 9.59 Å². The second-order valence-electron chi connectivity index (χ2n) is 13.0. The van der Waals surface area contributed by atoms with E-state index in [9.17, 15) is 29.7 Å². The number of aliphatic carboxylic acids is 1. The molecule has 8 nitrogen and oxygen atoms in total. The van der Waals surface area contributed by atoms with E-state index in [1.54, 1.807) is 0 Å². The molecule has 4 rings (SSSR count). The van der Waals surface area contributed by atoms with Gasteiger partial charge in [0.1, 0.15) is 6.04 Å². The Kier molecular flexibility index (Phi) is 7.78. The minimum atomic E-state index is -1.30. The lowest BCUT2D eigenvalue weighted by atomic mass is 9.43. The maximum absolute atomic E-state index is 12.5. The quantitative estimate of drug-likeness (QED) is 0.342. The first-order valence-electron chi connectivity index (χ1n) is 14.0. The van der Waals surface area contributed by atoms with Crippen molar-refractivity contribution in [3.63, 3.8) is 0 Å². The zero-order valence-corrected chi connectivity index (χ0v) is 22.1. The number of nitrogens with two attached hydrogens (primary N) is 1. The molecule has 4 saturated carbocycles. The highest BCUT2D eigenvalue weighted by Gasteiger charge is 2.63. The first-order chi connectivity index (χ1) is 16.9. The van der Waals surface area contributed by atoms with E-state index in [0.29, 0.717) is 36.0 Å². The lowest BCUT2D eigenvalue weighted by molar-refractivity contribution is -0.175. The number of carbonyl (C=O) groups is 3. The molecule has 0 aliphatic heterocycles. The third kappa shape index (κ3) is 4.80. The van der Waals surface area contributed by atoms with Gasteiger partial charge < -0.3 is 26.4 Å². The fourth-order valence-corrected chi connectivity index (χ4v) is 9.39. The van der Waals surface area contributed by atoms with Crippen LogP contribution in [0.5, 0.6) is 0 Å². The Morgan fingerprint density at radius 3 is 2.42 bits per heavy atom. The van der Waals surface area contributed by atoms with E-state index in [1.807, 2.05) is 0 Å². The average molecular weight is 507 g/mol. The molecule has 0 aromatic heterocycles. The van der Waals surface area contributed by atoms with Crippen molar-refractivity contribution in [1.82, 2.24) is 5.32 Å². The number of hydrogen-bond donors (Lipinski definition) is 5. The predicted octanol–water partition coefficient (Wildman–Crippen LogP) is 2.84. The summed E-state index contributed by atoms with van der Waals surface area (Å²) in [6, 6.07) is -1.30. The summed E-state index contributed by atoms with van der Waals surface area (Å²) in [5.41, 5.74) is 5.14. The van der Waals surface area contributed by atoms with Crippen LogP contribution < -0.4 is 11.1 Å². The van der Waals surface area contributed by atoms with Crippen LogP contribution in [0.3, 0.4) is 0 Å². The molecule has 4 fully saturated rings. The SMILES string of the molecule is CC(CCC(=O)NC(CC(N)=O)C(=O)O)C1CCC2C3CCC4CC(O)CCC4(C)C3CC(O)C12C. The van der Waals surface area contributed by atoms with Crippen LogP contribution in [0, 0.1) is 46.3 Å². The monoisotopic (exact) mass is 506 g/mol. The molecule has 0 saturated heterocycles. The fraction of sp³-hybridized carbons (Fsp3) is 0.893. The van der Waals surface area contributed by atoms with E-state index in [1.165, 1.54) is 12.8 Å². The van der Waals surface area contributed by atoms with E-state index in [4.69, 9.17) is 5.73 Å². The molecule has 6 N–H and O–H groups in total. The summed E-state index contributed by atoms with van der Waals surface area (Å²) in [6.45, 7) is 6.86. The molecule has 8 heteroatoms. The summed E-state index contributed by atoms with van der Waals surface area (Å²) in [7, 11) is 0. The highest BCUT2D eigenvalue weighted by Crippen LogP contribution is 2.68. The van der Waals surface area contributed by atoms with Crippen LogP contribution in [0.25, 0.3) is 0 Å². The average Bonchev–Trinajstić information content (AvgIpc) is 3.16. The number of nitrogens with one attached hydrogen (secondary N) is 1. The maximum Gasteiger partial charge on any atom is 0.326 e. The first-order valence-corrected chi connectivity index (χ1v) is 14.0. The molecule has 11 atom stereocenters. The van der Waals surface area contributed by atoms with Crippen LogP contribution in [0.15, 0.2) is 0 Å². The van der Waals surface area contributed by atoms with Gasteiger partial charge in [0, 0.05) is 6.42 Å². The fourth-order valence-electron chi connectivity index (χ4n) is 9.39. The minimum absolute atomic E-state index is 0.172. The molecule has 204 valence electrons. The molecular weight excluding hydrogens is 460 g/mol. The number of carboxylic acid groups (broad SMARTS) is 1. The van der Waals surface area contributed by atoms with Crippen molar-refractivity contribution in [3.05, 3.63) is 0 Å². The molecule has 0 bridgehead atoms. The van der Waals surface area contributed by atoms with Gasteiger partial charge >= 0.3 is 5.97 Å². The third-order valence-electron chi connectivity index (χ3n) is 11.4. The van der Waals surface area contributed by atoms with Gasteiger partial charge in [0.2, 0.25) is 11.8 Å². The maximum atomic E-state index is 12.5. The normalized spacial score (nSPS) is 43.4. The number of carbonyl (C=O) groups excluding carboxylic acids is 2. The molecule has 11 unspecified atom stereocenters. The largest absolute Gasteiger partial charge is 0.480 e. The third-order valence-corrected chi connectivity index (χ3v) is 11.4. The number of fused-ring (bicyclic) bond motifs is 5. The zero-order valence-electron chi connectivity index (χ0n) is 22.1.